The Morgan fingerprint density at radius 1 is 1.28 bits per heavy atom. The topological polar surface area (TPSA) is 43.1 Å². The van der Waals surface area contributed by atoms with Crippen LogP contribution in [0.3, 0.4) is 0 Å². The molecule has 0 amide bonds. The number of aryl methyl sites for hydroxylation is 1. The number of allylic oxidation sites excluding steroid dienone is 2. The van der Waals surface area contributed by atoms with Gasteiger partial charge in [0.1, 0.15) is 0 Å². The van der Waals surface area contributed by atoms with Gasteiger partial charge in [0.2, 0.25) is 0 Å². The van der Waals surface area contributed by atoms with Crippen molar-refractivity contribution in [2.45, 2.75) is 26.2 Å². The molecule has 0 saturated heterocycles. The van der Waals surface area contributed by atoms with Crippen LogP contribution in [-0.2, 0) is 4.79 Å². The Morgan fingerprint density at radius 3 is 2.72 bits per heavy atom. The number of Topliss-reactive ketones (excluding diaryl/α,β-unsaturated/α-hetero) is 1. The third kappa shape index (κ3) is 1.64. The van der Waals surface area contributed by atoms with E-state index < -0.39 is 0 Å². The number of rotatable bonds is 1. The molecule has 2 N–H and O–H groups in total. The number of ketones is 1. The van der Waals surface area contributed by atoms with Crippen LogP contribution in [0, 0.1) is 18.8 Å². The number of nitrogen functional groups attached to an aromatic ring is 1. The van der Waals surface area contributed by atoms with Gasteiger partial charge >= 0.3 is 0 Å². The minimum atomic E-state index is 0.215. The second-order valence-corrected chi connectivity index (χ2v) is 6.10. The second-order valence-electron chi connectivity index (χ2n) is 5.31. The predicted octanol–water partition coefficient (Wildman–Crippen LogP) is 3.68. The van der Waals surface area contributed by atoms with Crippen molar-refractivity contribution < 1.29 is 4.79 Å². The first-order valence-corrected chi connectivity index (χ1v) is 7.19. The Bertz CT molecular complexity index is 562. The lowest BCUT2D eigenvalue weighted by Gasteiger charge is -2.14. The van der Waals surface area contributed by atoms with Crippen molar-refractivity contribution in [2.24, 2.45) is 11.8 Å². The Kier molecular flexibility index (Phi) is 2.81. The number of benzene rings is 1. The van der Waals surface area contributed by atoms with Gasteiger partial charge in [-0.15, -0.1) is 0 Å². The monoisotopic (exact) mass is 305 g/mol. The van der Waals surface area contributed by atoms with Crippen LogP contribution >= 0.6 is 15.9 Å². The van der Waals surface area contributed by atoms with Crippen LogP contribution in [0.15, 0.2) is 22.7 Å². The van der Waals surface area contributed by atoms with Crippen molar-refractivity contribution in [3.8, 4) is 0 Å². The van der Waals surface area contributed by atoms with E-state index in [0.717, 1.165) is 34.1 Å². The van der Waals surface area contributed by atoms with Gasteiger partial charge in [0.25, 0.3) is 0 Å². The smallest absolute Gasteiger partial charge is 0.173 e. The van der Waals surface area contributed by atoms with E-state index in [0.29, 0.717) is 11.7 Å². The minimum Gasteiger partial charge on any atom is -0.399 e. The Labute approximate surface area is 115 Å². The second kappa shape index (κ2) is 4.23. The van der Waals surface area contributed by atoms with Crippen molar-refractivity contribution in [1.82, 2.24) is 0 Å². The summed E-state index contributed by atoms with van der Waals surface area (Å²) in [5.74, 6) is 0.920. The summed E-state index contributed by atoms with van der Waals surface area (Å²) in [7, 11) is 0. The summed E-state index contributed by atoms with van der Waals surface area (Å²) in [4.78, 5) is 12.2. The SMILES string of the molecule is Cc1cc(C2=C(Br)C(=O)C3CCCC23)ccc1N. The van der Waals surface area contributed by atoms with Crippen molar-refractivity contribution in [1.29, 1.82) is 0 Å². The number of nitrogens with two attached hydrogens (primary N) is 1. The van der Waals surface area contributed by atoms with Crippen molar-refractivity contribution >= 4 is 33.0 Å². The van der Waals surface area contributed by atoms with E-state index in [1.807, 2.05) is 19.1 Å². The molecule has 2 aliphatic carbocycles. The summed E-state index contributed by atoms with van der Waals surface area (Å²) in [5.41, 5.74) is 10.1. The first kappa shape index (κ1) is 12.0. The lowest BCUT2D eigenvalue weighted by molar-refractivity contribution is -0.118. The van der Waals surface area contributed by atoms with Gasteiger partial charge in [-0.2, -0.15) is 0 Å². The van der Waals surface area contributed by atoms with Crippen molar-refractivity contribution in [3.63, 3.8) is 0 Å². The number of carbonyl (C=O) groups is 1. The molecule has 0 aliphatic heterocycles. The quantitative estimate of drug-likeness (QED) is 0.804. The first-order valence-electron chi connectivity index (χ1n) is 6.40. The number of carbonyl (C=O) groups excluding carboxylic acids is 1. The van der Waals surface area contributed by atoms with E-state index >= 15 is 0 Å². The van der Waals surface area contributed by atoms with Gasteiger partial charge in [0, 0.05) is 11.6 Å². The van der Waals surface area contributed by atoms with Gasteiger partial charge in [-0.1, -0.05) is 12.5 Å². The van der Waals surface area contributed by atoms with Crippen molar-refractivity contribution in [3.05, 3.63) is 33.8 Å². The first-order chi connectivity index (χ1) is 8.59. The highest BCUT2D eigenvalue weighted by atomic mass is 79.9. The largest absolute Gasteiger partial charge is 0.399 e. The maximum absolute atomic E-state index is 12.2. The number of halogens is 1. The van der Waals surface area contributed by atoms with Gasteiger partial charge in [-0.3, -0.25) is 4.79 Å². The molecule has 0 radical (unpaired) electrons. The highest BCUT2D eigenvalue weighted by Crippen LogP contribution is 2.51. The molecule has 1 aromatic rings. The third-order valence-corrected chi connectivity index (χ3v) is 5.08. The molecule has 1 fully saturated rings. The van der Waals surface area contributed by atoms with E-state index in [1.165, 1.54) is 12.0 Å². The Morgan fingerprint density at radius 2 is 2.00 bits per heavy atom. The molecule has 0 bridgehead atoms. The number of fused-ring (bicyclic) bond motifs is 1. The minimum absolute atomic E-state index is 0.215. The van der Waals surface area contributed by atoms with Gasteiger partial charge in [-0.25, -0.2) is 0 Å². The van der Waals surface area contributed by atoms with Crippen LogP contribution in [0.25, 0.3) is 5.57 Å². The fourth-order valence-corrected chi connectivity index (χ4v) is 4.08. The number of hydrogen-bond donors (Lipinski definition) is 1. The zero-order valence-electron chi connectivity index (χ0n) is 10.4. The van der Waals surface area contributed by atoms with Gasteiger partial charge in [0.15, 0.2) is 5.78 Å². The fourth-order valence-electron chi connectivity index (χ4n) is 3.26. The maximum Gasteiger partial charge on any atom is 0.173 e. The molecule has 3 rings (SSSR count). The van der Waals surface area contributed by atoms with Crippen LogP contribution < -0.4 is 5.73 Å². The molecular formula is C15H16BrNO. The van der Waals surface area contributed by atoms with Gasteiger partial charge in [-0.05, 0) is 70.4 Å². The fraction of sp³-hybridized carbons (Fsp3) is 0.400. The van der Waals surface area contributed by atoms with Crippen molar-refractivity contribution in [2.75, 3.05) is 5.73 Å². The van der Waals surface area contributed by atoms with Crippen LogP contribution in [0.1, 0.15) is 30.4 Å². The molecule has 94 valence electrons. The van der Waals surface area contributed by atoms with E-state index in [-0.39, 0.29) is 5.92 Å². The molecule has 2 atom stereocenters. The maximum atomic E-state index is 12.2. The number of anilines is 1. The molecule has 2 unspecified atom stereocenters. The van der Waals surface area contributed by atoms with Crippen LogP contribution in [-0.4, -0.2) is 5.78 Å². The summed E-state index contributed by atoms with van der Waals surface area (Å²) in [6, 6.07) is 6.07. The Hall–Kier alpha value is -1.09. The molecule has 18 heavy (non-hydrogen) atoms. The third-order valence-electron chi connectivity index (χ3n) is 4.26. The van der Waals surface area contributed by atoms with Crippen LogP contribution in [0.2, 0.25) is 0 Å². The molecule has 1 aromatic carbocycles. The zero-order chi connectivity index (χ0) is 12.9. The molecule has 0 aromatic heterocycles. The molecule has 0 heterocycles. The van der Waals surface area contributed by atoms with Gasteiger partial charge in [0.05, 0.1) is 4.48 Å². The summed E-state index contributed by atoms with van der Waals surface area (Å²) in [6.45, 7) is 2.01. The van der Waals surface area contributed by atoms with E-state index in [1.54, 1.807) is 0 Å². The summed E-state index contributed by atoms with van der Waals surface area (Å²) in [5, 5.41) is 0. The molecule has 3 heteroatoms. The van der Waals surface area contributed by atoms with E-state index in [4.69, 9.17) is 5.73 Å². The predicted molar refractivity (Wildman–Crippen MR) is 77.3 cm³/mol. The highest BCUT2D eigenvalue weighted by Gasteiger charge is 2.43. The molecular weight excluding hydrogens is 290 g/mol. The zero-order valence-corrected chi connectivity index (χ0v) is 12.0. The molecule has 0 spiro atoms. The van der Waals surface area contributed by atoms with E-state index in [2.05, 4.69) is 22.0 Å². The Balaban J connectivity index is 2.09. The highest BCUT2D eigenvalue weighted by molar-refractivity contribution is 9.12. The summed E-state index contributed by atoms with van der Waals surface area (Å²) in [6.07, 6.45) is 3.33. The average molecular weight is 306 g/mol. The molecule has 1 saturated carbocycles. The van der Waals surface area contributed by atoms with Crippen LogP contribution in [0.4, 0.5) is 5.69 Å². The molecule has 2 aliphatic rings. The molecule has 2 nitrogen and oxygen atoms in total. The van der Waals surface area contributed by atoms with Crippen LogP contribution in [0.5, 0.6) is 0 Å². The lowest BCUT2D eigenvalue weighted by atomic mass is 9.89. The standard InChI is InChI=1S/C15H16BrNO/c1-8-7-9(5-6-12(8)17)13-10-3-2-4-11(10)15(18)14(13)16/h5-7,10-11H,2-4,17H2,1H3. The normalized spacial score (nSPS) is 26.9. The summed E-state index contributed by atoms with van der Waals surface area (Å²) < 4.78 is 0.793. The average Bonchev–Trinajstić information content (AvgIpc) is 2.89. The van der Waals surface area contributed by atoms with Gasteiger partial charge < -0.3 is 5.73 Å². The lowest BCUT2D eigenvalue weighted by Crippen LogP contribution is -2.10. The summed E-state index contributed by atoms with van der Waals surface area (Å²) >= 11 is 3.50. The van der Waals surface area contributed by atoms with E-state index in [9.17, 15) is 4.79 Å². The number of hydrogen-bond acceptors (Lipinski definition) is 2.